The van der Waals surface area contributed by atoms with Gasteiger partial charge in [0.1, 0.15) is 17.7 Å². The third kappa shape index (κ3) is 3.28. The molecule has 0 bridgehead atoms. The van der Waals surface area contributed by atoms with Crippen LogP contribution in [0.5, 0.6) is 0 Å². The van der Waals surface area contributed by atoms with Crippen LogP contribution in [0.1, 0.15) is 23.2 Å². The molecule has 1 aliphatic rings. The van der Waals surface area contributed by atoms with Crippen molar-refractivity contribution in [2.75, 3.05) is 23.3 Å². The van der Waals surface area contributed by atoms with Crippen LogP contribution in [0.3, 0.4) is 0 Å². The molecule has 26 heavy (non-hydrogen) atoms. The first-order chi connectivity index (χ1) is 12.6. The normalized spacial score (nSPS) is 15.4. The highest BCUT2D eigenvalue weighted by atomic mass is 19.1. The highest BCUT2D eigenvalue weighted by Crippen LogP contribution is 2.25. The Bertz CT molecular complexity index is 928. The number of carbonyl (C=O) groups is 1. The van der Waals surface area contributed by atoms with Crippen LogP contribution in [0.15, 0.2) is 53.1 Å². The van der Waals surface area contributed by atoms with E-state index in [1.807, 2.05) is 24.3 Å². The summed E-state index contributed by atoms with van der Waals surface area (Å²) in [5.74, 6) is -0.732. The zero-order valence-corrected chi connectivity index (χ0v) is 14.2. The van der Waals surface area contributed by atoms with Gasteiger partial charge in [0.05, 0.1) is 5.56 Å². The number of hydrogen-bond donors (Lipinski definition) is 2. The SMILES string of the molecule is NC1CCN(c2ccc(NC(=O)c3coc4ccc(F)cc34)cc2)CC1. The molecule has 0 unspecified atom stereocenters. The summed E-state index contributed by atoms with van der Waals surface area (Å²) in [6.07, 6.45) is 3.33. The number of nitrogens with zero attached hydrogens (tertiary/aromatic N) is 1. The predicted octanol–water partition coefficient (Wildman–Crippen LogP) is 3.75. The third-order valence-electron chi connectivity index (χ3n) is 4.81. The summed E-state index contributed by atoms with van der Waals surface area (Å²) in [6.45, 7) is 1.89. The van der Waals surface area contributed by atoms with Crippen molar-refractivity contribution < 1.29 is 13.6 Å². The monoisotopic (exact) mass is 353 g/mol. The molecule has 1 aromatic heterocycles. The Morgan fingerprint density at radius 1 is 1.15 bits per heavy atom. The maximum atomic E-state index is 13.4. The third-order valence-corrected chi connectivity index (χ3v) is 4.81. The van der Waals surface area contributed by atoms with E-state index in [-0.39, 0.29) is 5.91 Å². The van der Waals surface area contributed by atoms with Crippen molar-refractivity contribution in [1.82, 2.24) is 0 Å². The lowest BCUT2D eigenvalue weighted by Gasteiger charge is -2.32. The summed E-state index contributed by atoms with van der Waals surface area (Å²) >= 11 is 0. The number of halogens is 1. The van der Waals surface area contributed by atoms with E-state index in [1.165, 1.54) is 24.5 Å². The summed E-state index contributed by atoms with van der Waals surface area (Å²) in [4.78, 5) is 14.8. The Morgan fingerprint density at radius 2 is 1.88 bits per heavy atom. The van der Waals surface area contributed by atoms with E-state index in [0.717, 1.165) is 31.6 Å². The number of hydrogen-bond acceptors (Lipinski definition) is 4. The molecule has 0 aliphatic carbocycles. The van der Waals surface area contributed by atoms with E-state index in [9.17, 15) is 9.18 Å². The zero-order chi connectivity index (χ0) is 18.1. The molecule has 2 aromatic carbocycles. The first-order valence-corrected chi connectivity index (χ1v) is 8.69. The minimum Gasteiger partial charge on any atom is -0.463 e. The Morgan fingerprint density at radius 3 is 2.62 bits per heavy atom. The van der Waals surface area contributed by atoms with Gasteiger partial charge in [0.15, 0.2) is 0 Å². The van der Waals surface area contributed by atoms with Crippen molar-refractivity contribution in [3.05, 3.63) is 60.1 Å². The standard InChI is InChI=1S/C20H20FN3O2/c21-13-1-6-19-17(11-13)18(12-26-19)20(25)23-15-2-4-16(5-3-15)24-9-7-14(22)8-10-24/h1-6,11-12,14H,7-10,22H2,(H,23,25). The molecule has 0 spiro atoms. The molecule has 0 atom stereocenters. The van der Waals surface area contributed by atoms with E-state index < -0.39 is 5.82 Å². The molecule has 3 aromatic rings. The molecule has 2 heterocycles. The van der Waals surface area contributed by atoms with Crippen LogP contribution in [0.4, 0.5) is 15.8 Å². The van der Waals surface area contributed by atoms with Gasteiger partial charge in [-0.05, 0) is 55.3 Å². The lowest BCUT2D eigenvalue weighted by Crippen LogP contribution is -2.39. The Hall–Kier alpha value is -2.86. The largest absolute Gasteiger partial charge is 0.463 e. The van der Waals surface area contributed by atoms with Crippen LogP contribution in [0.2, 0.25) is 0 Å². The topological polar surface area (TPSA) is 71.5 Å². The van der Waals surface area contributed by atoms with E-state index >= 15 is 0 Å². The quantitative estimate of drug-likeness (QED) is 0.752. The molecule has 3 N–H and O–H groups in total. The van der Waals surface area contributed by atoms with Gasteiger partial charge in [-0.15, -0.1) is 0 Å². The maximum Gasteiger partial charge on any atom is 0.259 e. The van der Waals surface area contributed by atoms with Gasteiger partial charge in [0.25, 0.3) is 5.91 Å². The Balaban J connectivity index is 1.48. The van der Waals surface area contributed by atoms with Crippen LogP contribution >= 0.6 is 0 Å². The molecule has 1 amide bonds. The average Bonchev–Trinajstić information content (AvgIpc) is 3.06. The Kier molecular flexibility index (Phi) is 4.34. The number of nitrogens with one attached hydrogen (secondary N) is 1. The zero-order valence-electron chi connectivity index (χ0n) is 14.2. The van der Waals surface area contributed by atoms with E-state index in [0.29, 0.717) is 28.3 Å². The summed E-state index contributed by atoms with van der Waals surface area (Å²) in [5.41, 5.74) is 8.53. The number of fused-ring (bicyclic) bond motifs is 1. The summed E-state index contributed by atoms with van der Waals surface area (Å²) in [7, 11) is 0. The molecular weight excluding hydrogens is 333 g/mol. The summed E-state index contributed by atoms with van der Waals surface area (Å²) < 4.78 is 18.8. The molecule has 1 saturated heterocycles. The van der Waals surface area contributed by atoms with Crippen molar-refractivity contribution >= 4 is 28.3 Å². The van der Waals surface area contributed by atoms with E-state index in [1.54, 1.807) is 0 Å². The van der Waals surface area contributed by atoms with Gasteiger partial charge in [-0.2, -0.15) is 0 Å². The number of piperidine rings is 1. The minimum atomic E-state index is -0.404. The Labute approximate surface area is 150 Å². The van der Waals surface area contributed by atoms with E-state index in [2.05, 4.69) is 10.2 Å². The molecule has 6 heteroatoms. The highest BCUT2D eigenvalue weighted by molar-refractivity contribution is 6.12. The lowest BCUT2D eigenvalue weighted by atomic mass is 10.1. The first kappa shape index (κ1) is 16.6. The fourth-order valence-electron chi connectivity index (χ4n) is 3.29. The van der Waals surface area contributed by atoms with Gasteiger partial charge in [-0.1, -0.05) is 0 Å². The molecule has 134 valence electrons. The van der Waals surface area contributed by atoms with E-state index in [4.69, 9.17) is 10.2 Å². The fraction of sp³-hybridized carbons (Fsp3) is 0.250. The second kappa shape index (κ2) is 6.80. The van der Waals surface area contributed by atoms with Gasteiger partial charge >= 0.3 is 0 Å². The molecule has 1 fully saturated rings. The van der Waals surface area contributed by atoms with Gasteiger partial charge in [-0.25, -0.2) is 4.39 Å². The second-order valence-corrected chi connectivity index (χ2v) is 6.62. The van der Waals surface area contributed by atoms with Crippen molar-refractivity contribution in [2.45, 2.75) is 18.9 Å². The maximum absolute atomic E-state index is 13.4. The van der Waals surface area contributed by atoms with Crippen LogP contribution in [0, 0.1) is 5.82 Å². The van der Waals surface area contributed by atoms with Crippen molar-refractivity contribution in [3.8, 4) is 0 Å². The summed E-state index contributed by atoms with van der Waals surface area (Å²) in [6, 6.07) is 12.1. The predicted molar refractivity (Wildman–Crippen MR) is 100.0 cm³/mol. The number of carbonyl (C=O) groups excluding carboxylic acids is 1. The number of furan rings is 1. The number of nitrogens with two attached hydrogens (primary N) is 1. The molecule has 0 radical (unpaired) electrons. The number of benzene rings is 2. The van der Waals surface area contributed by atoms with Crippen LogP contribution in [-0.4, -0.2) is 25.0 Å². The van der Waals surface area contributed by atoms with Crippen molar-refractivity contribution in [3.63, 3.8) is 0 Å². The highest BCUT2D eigenvalue weighted by Gasteiger charge is 2.17. The van der Waals surface area contributed by atoms with Gasteiger partial charge < -0.3 is 20.4 Å². The number of amides is 1. The lowest BCUT2D eigenvalue weighted by molar-refractivity contribution is 0.102. The van der Waals surface area contributed by atoms with Gasteiger partial charge in [0.2, 0.25) is 0 Å². The molecule has 0 saturated carbocycles. The van der Waals surface area contributed by atoms with Crippen LogP contribution in [-0.2, 0) is 0 Å². The van der Waals surface area contributed by atoms with Gasteiger partial charge in [0, 0.05) is 35.9 Å². The second-order valence-electron chi connectivity index (χ2n) is 6.62. The minimum absolute atomic E-state index is 0.291. The van der Waals surface area contributed by atoms with Gasteiger partial charge in [-0.3, -0.25) is 4.79 Å². The van der Waals surface area contributed by atoms with Crippen molar-refractivity contribution in [1.29, 1.82) is 0 Å². The number of anilines is 2. The summed E-state index contributed by atoms with van der Waals surface area (Å²) in [5, 5.41) is 3.30. The smallest absolute Gasteiger partial charge is 0.259 e. The fourth-order valence-corrected chi connectivity index (χ4v) is 3.29. The number of rotatable bonds is 3. The first-order valence-electron chi connectivity index (χ1n) is 8.69. The average molecular weight is 353 g/mol. The van der Waals surface area contributed by atoms with Crippen LogP contribution in [0.25, 0.3) is 11.0 Å². The van der Waals surface area contributed by atoms with Crippen molar-refractivity contribution in [2.24, 2.45) is 5.73 Å². The molecule has 4 rings (SSSR count). The van der Waals surface area contributed by atoms with Crippen LogP contribution < -0.4 is 16.0 Å². The molecular formula is C20H20FN3O2. The molecule has 5 nitrogen and oxygen atoms in total. The molecule has 1 aliphatic heterocycles.